The first-order valence-corrected chi connectivity index (χ1v) is 8.07. The van der Waals surface area contributed by atoms with Gasteiger partial charge in [0.2, 0.25) is 5.91 Å². The monoisotopic (exact) mass is 320 g/mol. The van der Waals surface area contributed by atoms with Gasteiger partial charge < -0.3 is 20.8 Å². The average Bonchev–Trinajstić information content (AvgIpc) is 2.60. The highest BCUT2D eigenvalue weighted by Crippen LogP contribution is 2.12. The number of hydrogen-bond donors (Lipinski definition) is 4. The molecule has 0 aliphatic heterocycles. The van der Waals surface area contributed by atoms with E-state index >= 15 is 0 Å². The Bertz CT molecular complexity index is 486. The Morgan fingerprint density at radius 1 is 1.22 bits per heavy atom. The number of carbonyl (C=O) groups excluding carboxylic acids is 1. The average molecular weight is 320 g/mol. The van der Waals surface area contributed by atoms with Gasteiger partial charge in [0, 0.05) is 25.7 Å². The Kier molecular flexibility index (Phi) is 9.31. The standard InChI is InChI=1S/C17H28N4O2/c1-3-14-6-8-16(9-7-14)23-13-15(21-18)12-19-10-5-11-20-17(22)4-2/h6-9,12,19,21H,3-5,10-11,13,18H2,1-2H3,(H,20,22)/b15-12-. The number of hydrogen-bond acceptors (Lipinski definition) is 5. The van der Waals surface area contributed by atoms with E-state index in [1.165, 1.54) is 5.56 Å². The lowest BCUT2D eigenvalue weighted by atomic mass is 10.2. The van der Waals surface area contributed by atoms with E-state index < -0.39 is 0 Å². The summed E-state index contributed by atoms with van der Waals surface area (Å²) in [6.07, 6.45) is 4.17. The highest BCUT2D eigenvalue weighted by Gasteiger charge is 1.99. The summed E-state index contributed by atoms with van der Waals surface area (Å²) in [6.45, 7) is 5.74. The largest absolute Gasteiger partial charge is 0.487 e. The van der Waals surface area contributed by atoms with Crippen LogP contribution < -0.4 is 26.6 Å². The maximum Gasteiger partial charge on any atom is 0.219 e. The van der Waals surface area contributed by atoms with Crippen LogP contribution in [0, 0.1) is 0 Å². The number of rotatable bonds is 11. The summed E-state index contributed by atoms with van der Waals surface area (Å²) >= 11 is 0. The number of hydrazine groups is 1. The number of benzene rings is 1. The van der Waals surface area contributed by atoms with Crippen LogP contribution in [0.4, 0.5) is 0 Å². The summed E-state index contributed by atoms with van der Waals surface area (Å²) in [5, 5.41) is 5.97. The van der Waals surface area contributed by atoms with E-state index in [4.69, 9.17) is 10.6 Å². The molecule has 6 nitrogen and oxygen atoms in total. The van der Waals surface area contributed by atoms with Crippen molar-refractivity contribution in [1.82, 2.24) is 16.1 Å². The highest BCUT2D eigenvalue weighted by atomic mass is 16.5. The van der Waals surface area contributed by atoms with Crippen molar-refractivity contribution in [3.63, 3.8) is 0 Å². The van der Waals surface area contributed by atoms with Crippen LogP contribution >= 0.6 is 0 Å². The van der Waals surface area contributed by atoms with Gasteiger partial charge in [-0.25, -0.2) is 0 Å². The van der Waals surface area contributed by atoms with E-state index in [1.807, 2.05) is 19.1 Å². The quantitative estimate of drug-likeness (QED) is 0.281. The van der Waals surface area contributed by atoms with Crippen molar-refractivity contribution in [3.8, 4) is 5.75 Å². The molecular formula is C17H28N4O2. The molecule has 0 aliphatic rings. The molecule has 0 radical (unpaired) electrons. The molecule has 128 valence electrons. The van der Waals surface area contributed by atoms with Crippen molar-refractivity contribution in [2.24, 2.45) is 5.84 Å². The normalized spacial score (nSPS) is 11.0. The number of aryl methyl sites for hydroxylation is 1. The van der Waals surface area contributed by atoms with E-state index in [0.717, 1.165) is 30.8 Å². The second-order valence-corrected chi connectivity index (χ2v) is 5.11. The van der Waals surface area contributed by atoms with E-state index in [2.05, 4.69) is 35.1 Å². The molecule has 6 heteroatoms. The molecule has 1 amide bonds. The van der Waals surface area contributed by atoms with Gasteiger partial charge in [0.1, 0.15) is 12.4 Å². The number of ether oxygens (including phenoxy) is 1. The molecule has 0 saturated carbocycles. The molecule has 0 fully saturated rings. The van der Waals surface area contributed by atoms with Gasteiger partial charge in [-0.1, -0.05) is 26.0 Å². The van der Waals surface area contributed by atoms with Crippen LogP contribution in [0.5, 0.6) is 5.75 Å². The summed E-state index contributed by atoms with van der Waals surface area (Å²) in [5.74, 6) is 6.37. The number of nitrogens with two attached hydrogens (primary N) is 1. The topological polar surface area (TPSA) is 88.4 Å². The molecule has 0 spiro atoms. The lowest BCUT2D eigenvalue weighted by Crippen LogP contribution is -2.28. The fourth-order valence-corrected chi connectivity index (χ4v) is 1.85. The first-order chi connectivity index (χ1) is 11.2. The van der Waals surface area contributed by atoms with Crippen molar-refractivity contribution >= 4 is 5.91 Å². The zero-order valence-corrected chi connectivity index (χ0v) is 14.0. The highest BCUT2D eigenvalue weighted by molar-refractivity contribution is 5.75. The summed E-state index contributed by atoms with van der Waals surface area (Å²) in [7, 11) is 0. The third-order valence-corrected chi connectivity index (χ3v) is 3.33. The fraction of sp³-hybridized carbons (Fsp3) is 0.471. The van der Waals surface area contributed by atoms with Crippen LogP contribution in [0.15, 0.2) is 36.2 Å². The smallest absolute Gasteiger partial charge is 0.219 e. The molecule has 1 aromatic rings. The van der Waals surface area contributed by atoms with Crippen molar-refractivity contribution in [3.05, 3.63) is 41.7 Å². The Labute approximate surface area is 138 Å². The predicted molar refractivity (Wildman–Crippen MR) is 92.6 cm³/mol. The van der Waals surface area contributed by atoms with Crippen LogP contribution in [-0.4, -0.2) is 25.6 Å². The minimum atomic E-state index is 0.0762. The Hall–Kier alpha value is -2.21. The van der Waals surface area contributed by atoms with Crippen LogP contribution in [0.1, 0.15) is 32.3 Å². The lowest BCUT2D eigenvalue weighted by Gasteiger charge is -2.11. The van der Waals surface area contributed by atoms with Gasteiger partial charge in [-0.15, -0.1) is 0 Å². The Balaban J connectivity index is 2.25. The van der Waals surface area contributed by atoms with E-state index in [1.54, 1.807) is 6.20 Å². The zero-order chi connectivity index (χ0) is 16.9. The predicted octanol–water partition coefficient (Wildman–Crippen LogP) is 1.44. The number of nitrogens with one attached hydrogen (secondary N) is 3. The molecule has 0 saturated heterocycles. The third-order valence-electron chi connectivity index (χ3n) is 3.33. The Morgan fingerprint density at radius 3 is 2.57 bits per heavy atom. The lowest BCUT2D eigenvalue weighted by molar-refractivity contribution is -0.120. The first kappa shape index (κ1) is 18.8. The van der Waals surface area contributed by atoms with Crippen molar-refractivity contribution in [1.29, 1.82) is 0 Å². The molecule has 1 aromatic carbocycles. The van der Waals surface area contributed by atoms with Crippen LogP contribution in [-0.2, 0) is 11.2 Å². The van der Waals surface area contributed by atoms with Crippen LogP contribution in [0.25, 0.3) is 0 Å². The van der Waals surface area contributed by atoms with Crippen molar-refractivity contribution in [2.45, 2.75) is 33.1 Å². The molecule has 0 bridgehead atoms. The third kappa shape index (κ3) is 8.11. The molecule has 23 heavy (non-hydrogen) atoms. The van der Waals surface area contributed by atoms with E-state index in [0.29, 0.717) is 19.6 Å². The van der Waals surface area contributed by atoms with Crippen molar-refractivity contribution < 1.29 is 9.53 Å². The summed E-state index contributed by atoms with van der Waals surface area (Å²) in [6, 6.07) is 8.02. The SMILES string of the molecule is CCC(=O)NCCCN/C=C(/COc1ccc(CC)cc1)NN. The van der Waals surface area contributed by atoms with Gasteiger partial charge in [-0.2, -0.15) is 0 Å². The summed E-state index contributed by atoms with van der Waals surface area (Å²) in [4.78, 5) is 11.1. The first-order valence-electron chi connectivity index (χ1n) is 8.07. The maximum atomic E-state index is 11.1. The molecule has 0 heterocycles. The molecule has 1 rings (SSSR count). The number of amides is 1. The molecule has 0 unspecified atom stereocenters. The minimum absolute atomic E-state index is 0.0762. The molecule has 5 N–H and O–H groups in total. The van der Waals surface area contributed by atoms with Crippen LogP contribution in [0.3, 0.4) is 0 Å². The van der Waals surface area contributed by atoms with Gasteiger partial charge in [0.25, 0.3) is 0 Å². The Morgan fingerprint density at radius 2 is 1.96 bits per heavy atom. The van der Waals surface area contributed by atoms with Gasteiger partial charge in [-0.05, 0) is 30.5 Å². The molecule has 0 aliphatic carbocycles. The van der Waals surface area contributed by atoms with Crippen molar-refractivity contribution in [2.75, 3.05) is 19.7 Å². The van der Waals surface area contributed by atoms with Crippen LogP contribution in [0.2, 0.25) is 0 Å². The van der Waals surface area contributed by atoms with E-state index in [9.17, 15) is 4.79 Å². The summed E-state index contributed by atoms with van der Waals surface area (Å²) < 4.78 is 5.67. The number of carbonyl (C=O) groups is 1. The second kappa shape index (κ2) is 11.4. The van der Waals surface area contributed by atoms with Gasteiger partial charge >= 0.3 is 0 Å². The maximum absolute atomic E-state index is 11.1. The van der Waals surface area contributed by atoms with Gasteiger partial charge in [0.05, 0.1) is 5.70 Å². The fourth-order valence-electron chi connectivity index (χ4n) is 1.85. The molecular weight excluding hydrogens is 292 g/mol. The molecule has 0 atom stereocenters. The van der Waals surface area contributed by atoms with Gasteiger partial charge in [-0.3, -0.25) is 10.6 Å². The second-order valence-electron chi connectivity index (χ2n) is 5.11. The van der Waals surface area contributed by atoms with E-state index in [-0.39, 0.29) is 5.91 Å². The molecule has 0 aromatic heterocycles. The minimum Gasteiger partial charge on any atom is -0.487 e. The zero-order valence-electron chi connectivity index (χ0n) is 14.0. The van der Waals surface area contributed by atoms with Gasteiger partial charge in [0.15, 0.2) is 0 Å². The summed E-state index contributed by atoms with van der Waals surface area (Å²) in [5.41, 5.74) is 4.65.